The molecule has 1 aliphatic heterocycles. The van der Waals surface area contributed by atoms with E-state index in [1.54, 1.807) is 11.1 Å². The largest absolute Gasteiger partial charge is 0.306 e. The number of nitrogens with zero attached hydrogens (tertiary/aromatic N) is 1. The summed E-state index contributed by atoms with van der Waals surface area (Å²) < 4.78 is 0. The van der Waals surface area contributed by atoms with Crippen LogP contribution < -0.4 is 0 Å². The SMILES string of the molecule is CCc1ccc2c(c1)CCN(C)CC2. The molecule has 2 rings (SSSR count). The molecule has 0 aliphatic carbocycles. The summed E-state index contributed by atoms with van der Waals surface area (Å²) in [6, 6.07) is 7.01. The summed E-state index contributed by atoms with van der Waals surface area (Å²) in [5, 5.41) is 0. The van der Waals surface area contributed by atoms with E-state index in [4.69, 9.17) is 0 Å². The summed E-state index contributed by atoms with van der Waals surface area (Å²) in [6.07, 6.45) is 3.60. The van der Waals surface area contributed by atoms with Gasteiger partial charge in [-0.3, -0.25) is 0 Å². The quantitative estimate of drug-likeness (QED) is 0.655. The fourth-order valence-corrected chi connectivity index (χ4v) is 2.11. The maximum Gasteiger partial charge on any atom is 0.00190 e. The van der Waals surface area contributed by atoms with E-state index >= 15 is 0 Å². The highest BCUT2D eigenvalue weighted by molar-refractivity contribution is 5.33. The summed E-state index contributed by atoms with van der Waals surface area (Å²) in [5.74, 6) is 0. The van der Waals surface area contributed by atoms with Crippen molar-refractivity contribution in [2.75, 3.05) is 20.1 Å². The number of benzene rings is 1. The van der Waals surface area contributed by atoms with Gasteiger partial charge in [0.25, 0.3) is 0 Å². The van der Waals surface area contributed by atoms with Gasteiger partial charge in [-0.1, -0.05) is 25.1 Å². The van der Waals surface area contributed by atoms with Crippen molar-refractivity contribution in [3.8, 4) is 0 Å². The van der Waals surface area contributed by atoms with Gasteiger partial charge in [0, 0.05) is 13.1 Å². The summed E-state index contributed by atoms with van der Waals surface area (Å²) in [5.41, 5.74) is 4.62. The third-order valence-corrected chi connectivity index (χ3v) is 3.20. The zero-order valence-electron chi connectivity index (χ0n) is 9.21. The molecule has 1 aromatic rings. The molecule has 0 radical (unpaired) electrons. The molecule has 1 heteroatoms. The standard InChI is InChI=1S/C13H19N/c1-3-11-4-5-12-6-8-14(2)9-7-13(12)10-11/h4-5,10H,3,6-9H2,1-2H3. The van der Waals surface area contributed by atoms with Crippen LogP contribution in [0.5, 0.6) is 0 Å². The Balaban J connectivity index is 2.27. The van der Waals surface area contributed by atoms with Gasteiger partial charge in [0.15, 0.2) is 0 Å². The Bertz CT molecular complexity index is 317. The van der Waals surface area contributed by atoms with Crippen molar-refractivity contribution < 1.29 is 0 Å². The minimum atomic E-state index is 1.16. The first-order chi connectivity index (χ1) is 6.79. The Morgan fingerprint density at radius 3 is 2.57 bits per heavy atom. The fourth-order valence-electron chi connectivity index (χ4n) is 2.11. The van der Waals surface area contributed by atoms with Gasteiger partial charge in [-0.15, -0.1) is 0 Å². The predicted molar refractivity (Wildman–Crippen MR) is 60.7 cm³/mol. The van der Waals surface area contributed by atoms with Crippen molar-refractivity contribution in [1.82, 2.24) is 4.90 Å². The van der Waals surface area contributed by atoms with E-state index in [9.17, 15) is 0 Å². The molecule has 0 N–H and O–H groups in total. The summed E-state index contributed by atoms with van der Waals surface area (Å²) in [7, 11) is 2.21. The van der Waals surface area contributed by atoms with Crippen molar-refractivity contribution in [3.05, 3.63) is 34.9 Å². The lowest BCUT2D eigenvalue weighted by molar-refractivity contribution is 0.352. The Labute approximate surface area is 86.7 Å². The molecule has 1 aliphatic rings. The van der Waals surface area contributed by atoms with Crippen LogP contribution in [-0.2, 0) is 19.3 Å². The van der Waals surface area contributed by atoms with Gasteiger partial charge in [-0.25, -0.2) is 0 Å². The van der Waals surface area contributed by atoms with Gasteiger partial charge in [0.2, 0.25) is 0 Å². The second-order valence-corrected chi connectivity index (χ2v) is 4.26. The molecule has 0 bridgehead atoms. The number of rotatable bonds is 1. The number of likely N-dealkylation sites (N-methyl/N-ethyl adjacent to an activating group) is 1. The number of fused-ring (bicyclic) bond motifs is 1. The van der Waals surface area contributed by atoms with Gasteiger partial charge >= 0.3 is 0 Å². The second kappa shape index (κ2) is 4.14. The van der Waals surface area contributed by atoms with Crippen molar-refractivity contribution in [1.29, 1.82) is 0 Å². The monoisotopic (exact) mass is 189 g/mol. The number of hydrogen-bond donors (Lipinski definition) is 0. The van der Waals surface area contributed by atoms with Gasteiger partial charge in [0.05, 0.1) is 0 Å². The maximum atomic E-state index is 2.42. The molecule has 0 amide bonds. The average molecular weight is 189 g/mol. The third kappa shape index (κ3) is 1.98. The van der Waals surface area contributed by atoms with Crippen LogP contribution in [0.1, 0.15) is 23.6 Å². The molecule has 1 aromatic carbocycles. The summed E-state index contributed by atoms with van der Waals surface area (Å²) in [4.78, 5) is 2.42. The van der Waals surface area contributed by atoms with Crippen molar-refractivity contribution in [3.63, 3.8) is 0 Å². The second-order valence-electron chi connectivity index (χ2n) is 4.26. The maximum absolute atomic E-state index is 2.42. The minimum absolute atomic E-state index is 1.16. The molecule has 0 spiro atoms. The number of hydrogen-bond acceptors (Lipinski definition) is 1. The van der Waals surface area contributed by atoms with Gasteiger partial charge in [-0.2, -0.15) is 0 Å². The molecule has 0 aromatic heterocycles. The van der Waals surface area contributed by atoms with Crippen LogP contribution in [0, 0.1) is 0 Å². The van der Waals surface area contributed by atoms with E-state index < -0.39 is 0 Å². The van der Waals surface area contributed by atoms with E-state index in [0.717, 1.165) is 6.42 Å². The van der Waals surface area contributed by atoms with E-state index in [-0.39, 0.29) is 0 Å². The first-order valence-corrected chi connectivity index (χ1v) is 5.59. The van der Waals surface area contributed by atoms with Crippen molar-refractivity contribution in [2.45, 2.75) is 26.2 Å². The Hall–Kier alpha value is -0.820. The minimum Gasteiger partial charge on any atom is -0.306 e. The highest BCUT2D eigenvalue weighted by Gasteiger charge is 2.10. The Morgan fingerprint density at radius 1 is 1.14 bits per heavy atom. The predicted octanol–water partition coefficient (Wildman–Crippen LogP) is 2.28. The zero-order chi connectivity index (χ0) is 9.97. The van der Waals surface area contributed by atoms with Crippen molar-refractivity contribution in [2.24, 2.45) is 0 Å². The molecule has 0 atom stereocenters. The molecular weight excluding hydrogens is 170 g/mol. The summed E-state index contributed by atoms with van der Waals surface area (Å²) in [6.45, 7) is 4.64. The smallest absolute Gasteiger partial charge is 0.00190 e. The van der Waals surface area contributed by atoms with Crippen LogP contribution in [0.2, 0.25) is 0 Å². The molecule has 0 saturated carbocycles. The highest BCUT2D eigenvalue weighted by atomic mass is 15.1. The van der Waals surface area contributed by atoms with Crippen LogP contribution in [-0.4, -0.2) is 25.0 Å². The zero-order valence-corrected chi connectivity index (χ0v) is 9.21. The Morgan fingerprint density at radius 2 is 1.86 bits per heavy atom. The molecule has 1 heterocycles. The van der Waals surface area contributed by atoms with E-state index in [0.29, 0.717) is 0 Å². The lowest BCUT2D eigenvalue weighted by Crippen LogP contribution is -2.20. The van der Waals surface area contributed by atoms with Gasteiger partial charge in [-0.05, 0) is 43.0 Å². The first kappa shape index (κ1) is 9.72. The first-order valence-electron chi connectivity index (χ1n) is 5.59. The fraction of sp³-hybridized carbons (Fsp3) is 0.538. The normalized spacial score (nSPS) is 17.6. The van der Waals surface area contributed by atoms with Crippen LogP contribution in [0.4, 0.5) is 0 Å². The van der Waals surface area contributed by atoms with Crippen molar-refractivity contribution >= 4 is 0 Å². The number of aryl methyl sites for hydroxylation is 1. The van der Waals surface area contributed by atoms with E-state index in [1.165, 1.54) is 31.5 Å². The Kier molecular flexibility index (Phi) is 2.87. The molecule has 0 unspecified atom stereocenters. The highest BCUT2D eigenvalue weighted by Crippen LogP contribution is 2.17. The topological polar surface area (TPSA) is 3.24 Å². The summed E-state index contributed by atoms with van der Waals surface area (Å²) >= 11 is 0. The third-order valence-electron chi connectivity index (χ3n) is 3.20. The lowest BCUT2D eigenvalue weighted by atomic mass is 9.99. The van der Waals surface area contributed by atoms with Gasteiger partial charge < -0.3 is 4.90 Å². The molecule has 0 fully saturated rings. The van der Waals surface area contributed by atoms with E-state index in [1.807, 2.05) is 0 Å². The van der Waals surface area contributed by atoms with Crippen LogP contribution in [0.25, 0.3) is 0 Å². The van der Waals surface area contributed by atoms with Crippen LogP contribution >= 0.6 is 0 Å². The van der Waals surface area contributed by atoms with Gasteiger partial charge in [0.1, 0.15) is 0 Å². The van der Waals surface area contributed by atoms with E-state index in [2.05, 4.69) is 37.1 Å². The average Bonchev–Trinajstić information content (AvgIpc) is 2.40. The lowest BCUT2D eigenvalue weighted by Gasteiger charge is -2.10. The molecular formula is C13H19N. The molecule has 0 saturated heterocycles. The molecule has 1 nitrogen and oxygen atoms in total. The molecule has 14 heavy (non-hydrogen) atoms. The van der Waals surface area contributed by atoms with Crippen LogP contribution in [0.3, 0.4) is 0 Å². The van der Waals surface area contributed by atoms with Crippen LogP contribution in [0.15, 0.2) is 18.2 Å². The molecule has 76 valence electrons.